The van der Waals surface area contributed by atoms with Gasteiger partial charge in [-0.2, -0.15) is 18.4 Å². The summed E-state index contributed by atoms with van der Waals surface area (Å²) in [6.07, 6.45) is -4.01. The molecule has 2 aliphatic heterocycles. The van der Waals surface area contributed by atoms with Crippen LogP contribution in [-0.2, 0) is 15.7 Å². The van der Waals surface area contributed by atoms with Gasteiger partial charge in [0.15, 0.2) is 5.78 Å². The number of benzene rings is 2. The van der Waals surface area contributed by atoms with Gasteiger partial charge in [0.2, 0.25) is 0 Å². The minimum absolute atomic E-state index is 0.0506. The lowest BCUT2D eigenvalue weighted by molar-refractivity contribution is -0.137. The number of likely N-dealkylation sites (N-methyl/N-ethyl adjacent to an activating group) is 1. The zero-order valence-electron chi connectivity index (χ0n) is 20.9. The number of hydrogen-bond acceptors (Lipinski definition) is 5. The summed E-state index contributed by atoms with van der Waals surface area (Å²) in [4.78, 5) is 42.1. The number of rotatable bonds is 5. The number of ether oxygens (including phenoxy) is 1. The Labute approximate surface area is 217 Å². The highest BCUT2D eigenvalue weighted by Gasteiger charge is 2.41. The highest BCUT2D eigenvalue weighted by Crippen LogP contribution is 2.41. The lowest BCUT2D eigenvalue weighted by Crippen LogP contribution is -2.49. The SMILES string of the molecule is CC(=O)C1=C(C)N(c2cccc(C(F)(F)F)c2)C(=O)N(C)C1c1ccc(C#N)cc1C(=O)NC1CCOC1. The Hall–Kier alpha value is -4.17. The van der Waals surface area contributed by atoms with E-state index in [1.54, 1.807) is 0 Å². The third kappa shape index (κ3) is 4.99. The zero-order chi connectivity index (χ0) is 27.8. The van der Waals surface area contributed by atoms with Crippen molar-refractivity contribution in [1.29, 1.82) is 5.26 Å². The molecule has 4 rings (SSSR count). The van der Waals surface area contributed by atoms with Gasteiger partial charge in [-0.15, -0.1) is 0 Å². The quantitative estimate of drug-likeness (QED) is 0.615. The summed E-state index contributed by atoms with van der Waals surface area (Å²) in [7, 11) is 1.41. The van der Waals surface area contributed by atoms with E-state index in [0.717, 1.165) is 17.0 Å². The smallest absolute Gasteiger partial charge is 0.379 e. The van der Waals surface area contributed by atoms with Gasteiger partial charge < -0.3 is 15.0 Å². The van der Waals surface area contributed by atoms with E-state index in [1.807, 2.05) is 6.07 Å². The van der Waals surface area contributed by atoms with Crippen molar-refractivity contribution in [2.45, 2.75) is 38.5 Å². The number of nitrogens with zero attached hydrogens (tertiary/aromatic N) is 3. The Morgan fingerprint density at radius 3 is 2.53 bits per heavy atom. The molecule has 2 heterocycles. The lowest BCUT2D eigenvalue weighted by atomic mass is 9.87. The van der Waals surface area contributed by atoms with Crippen molar-refractivity contribution in [2.24, 2.45) is 0 Å². The van der Waals surface area contributed by atoms with E-state index < -0.39 is 35.5 Å². The van der Waals surface area contributed by atoms with Crippen LogP contribution in [0.2, 0.25) is 0 Å². The monoisotopic (exact) mass is 526 g/mol. The average Bonchev–Trinajstić information content (AvgIpc) is 3.38. The summed E-state index contributed by atoms with van der Waals surface area (Å²) in [5, 5.41) is 12.3. The Balaban J connectivity index is 1.85. The number of allylic oxidation sites excluding steroid dienone is 1. The summed E-state index contributed by atoms with van der Waals surface area (Å²) in [6.45, 7) is 3.61. The van der Waals surface area contributed by atoms with Gasteiger partial charge >= 0.3 is 12.2 Å². The molecule has 0 radical (unpaired) electrons. The molecule has 11 heteroatoms. The van der Waals surface area contributed by atoms with Crippen molar-refractivity contribution in [3.8, 4) is 6.07 Å². The molecule has 2 aromatic carbocycles. The molecule has 0 aliphatic carbocycles. The molecule has 198 valence electrons. The van der Waals surface area contributed by atoms with Crippen molar-refractivity contribution in [2.75, 3.05) is 25.2 Å². The first-order chi connectivity index (χ1) is 17.9. The topological polar surface area (TPSA) is 103 Å². The lowest BCUT2D eigenvalue weighted by Gasteiger charge is -2.41. The Morgan fingerprint density at radius 2 is 1.92 bits per heavy atom. The van der Waals surface area contributed by atoms with Crippen LogP contribution in [0.4, 0.5) is 23.7 Å². The van der Waals surface area contributed by atoms with Crippen LogP contribution in [0.5, 0.6) is 0 Å². The van der Waals surface area contributed by atoms with Crippen LogP contribution in [-0.4, -0.2) is 48.9 Å². The number of anilines is 1. The normalized spacial score (nSPS) is 20.0. The Kier molecular flexibility index (Phi) is 7.29. The fourth-order valence-corrected chi connectivity index (χ4v) is 4.83. The van der Waals surface area contributed by atoms with Gasteiger partial charge in [-0.1, -0.05) is 12.1 Å². The second kappa shape index (κ2) is 10.3. The molecule has 2 unspecified atom stereocenters. The number of hydrogen-bond donors (Lipinski definition) is 1. The predicted octanol–water partition coefficient (Wildman–Crippen LogP) is 4.57. The molecule has 0 bridgehead atoms. The minimum Gasteiger partial charge on any atom is -0.379 e. The molecule has 0 spiro atoms. The second-order valence-corrected chi connectivity index (χ2v) is 9.18. The number of Topliss-reactive ketones (excluding diaryl/α,β-unsaturated/α-hetero) is 1. The molecule has 2 aliphatic rings. The first-order valence-electron chi connectivity index (χ1n) is 11.8. The fraction of sp³-hybridized carbons (Fsp3) is 0.333. The minimum atomic E-state index is -4.63. The molecule has 3 amide bonds. The number of urea groups is 1. The molecule has 1 N–H and O–H groups in total. The van der Waals surface area contributed by atoms with Gasteiger partial charge in [-0.25, -0.2) is 4.79 Å². The fourth-order valence-electron chi connectivity index (χ4n) is 4.83. The molecular weight excluding hydrogens is 501 g/mol. The maximum Gasteiger partial charge on any atom is 0.416 e. The van der Waals surface area contributed by atoms with Gasteiger partial charge in [-0.05, 0) is 56.2 Å². The number of alkyl halides is 3. The maximum atomic E-state index is 13.6. The summed E-state index contributed by atoms with van der Waals surface area (Å²) in [5.41, 5.74) is -0.0828. The zero-order valence-corrected chi connectivity index (χ0v) is 20.9. The molecular formula is C27H25F3N4O4. The van der Waals surface area contributed by atoms with Crippen molar-refractivity contribution >= 4 is 23.4 Å². The summed E-state index contributed by atoms with van der Waals surface area (Å²) in [6, 6.07) is 8.73. The summed E-state index contributed by atoms with van der Waals surface area (Å²) >= 11 is 0. The molecule has 1 fully saturated rings. The first-order valence-corrected chi connectivity index (χ1v) is 11.8. The van der Waals surface area contributed by atoms with Gasteiger partial charge in [0, 0.05) is 30.5 Å². The largest absolute Gasteiger partial charge is 0.416 e. The van der Waals surface area contributed by atoms with E-state index in [2.05, 4.69) is 5.32 Å². The van der Waals surface area contributed by atoms with Crippen molar-refractivity contribution in [3.05, 3.63) is 76.0 Å². The van der Waals surface area contributed by atoms with Crippen LogP contribution in [0.25, 0.3) is 0 Å². The second-order valence-electron chi connectivity index (χ2n) is 9.18. The van der Waals surface area contributed by atoms with E-state index in [0.29, 0.717) is 25.2 Å². The van der Waals surface area contributed by atoms with Gasteiger partial charge in [0.25, 0.3) is 5.91 Å². The van der Waals surface area contributed by atoms with E-state index >= 15 is 0 Å². The van der Waals surface area contributed by atoms with Crippen LogP contribution in [0, 0.1) is 11.3 Å². The van der Waals surface area contributed by atoms with Crippen molar-refractivity contribution < 1.29 is 32.3 Å². The van der Waals surface area contributed by atoms with Crippen LogP contribution in [0.1, 0.15) is 53.4 Å². The number of carbonyl (C=O) groups is 3. The van der Waals surface area contributed by atoms with Crippen molar-refractivity contribution in [1.82, 2.24) is 10.2 Å². The Bertz CT molecular complexity index is 1370. The third-order valence-electron chi connectivity index (χ3n) is 6.68. The maximum absolute atomic E-state index is 13.6. The predicted molar refractivity (Wildman–Crippen MR) is 131 cm³/mol. The summed E-state index contributed by atoms with van der Waals surface area (Å²) < 4.78 is 45.4. The standard InChI is InChI=1S/C27H25F3N4O4/c1-15-23(16(2)35)24(33(3)26(37)34(15)20-6-4-5-18(12-20)27(28,29)30)21-8-7-17(13-31)11-22(21)25(36)32-19-9-10-38-14-19/h4-8,11-12,19,24H,9-10,14H2,1-3H3,(H,32,36). The first kappa shape index (κ1) is 26.9. The third-order valence-corrected chi connectivity index (χ3v) is 6.68. The molecule has 2 atom stereocenters. The van der Waals surface area contributed by atoms with Crippen LogP contribution >= 0.6 is 0 Å². The molecule has 38 heavy (non-hydrogen) atoms. The van der Waals surface area contributed by atoms with Crippen LogP contribution in [0.3, 0.4) is 0 Å². The number of ketones is 1. The van der Waals surface area contributed by atoms with Gasteiger partial charge in [0.05, 0.1) is 41.6 Å². The highest BCUT2D eigenvalue weighted by atomic mass is 19.4. The van der Waals surface area contributed by atoms with Crippen LogP contribution < -0.4 is 10.2 Å². The molecule has 2 aromatic rings. The molecule has 1 saturated heterocycles. The van der Waals surface area contributed by atoms with E-state index in [1.165, 1.54) is 56.1 Å². The molecule has 0 saturated carbocycles. The Morgan fingerprint density at radius 1 is 1.18 bits per heavy atom. The number of amides is 3. The number of carbonyl (C=O) groups excluding carboxylic acids is 3. The average molecular weight is 527 g/mol. The highest BCUT2D eigenvalue weighted by molar-refractivity contribution is 6.06. The van der Waals surface area contributed by atoms with E-state index in [4.69, 9.17) is 4.74 Å². The van der Waals surface area contributed by atoms with Gasteiger partial charge in [0.1, 0.15) is 0 Å². The number of nitriles is 1. The summed E-state index contributed by atoms with van der Waals surface area (Å²) in [5.74, 6) is -0.918. The molecule has 0 aromatic heterocycles. The van der Waals surface area contributed by atoms with Crippen LogP contribution in [0.15, 0.2) is 53.7 Å². The van der Waals surface area contributed by atoms with Gasteiger partial charge in [-0.3, -0.25) is 14.5 Å². The number of halogens is 3. The van der Waals surface area contributed by atoms with Crippen molar-refractivity contribution in [3.63, 3.8) is 0 Å². The van der Waals surface area contributed by atoms with E-state index in [9.17, 15) is 32.8 Å². The number of nitrogens with one attached hydrogen (secondary N) is 1. The molecule has 8 nitrogen and oxygen atoms in total. The van der Waals surface area contributed by atoms with E-state index in [-0.39, 0.29) is 34.1 Å².